The van der Waals surface area contributed by atoms with Crippen LogP contribution in [-0.2, 0) is 15.4 Å². The molecule has 1 atom stereocenters. The second kappa shape index (κ2) is 5.38. The molecular formula is C12H21N3O2S2. The van der Waals surface area contributed by atoms with Gasteiger partial charge in [0.25, 0.3) is 0 Å². The first-order chi connectivity index (χ1) is 8.79. The Morgan fingerprint density at radius 3 is 2.74 bits per heavy atom. The molecule has 0 saturated carbocycles. The number of hydrogen-bond acceptors (Lipinski definition) is 5. The third-order valence-electron chi connectivity index (χ3n) is 3.19. The summed E-state index contributed by atoms with van der Waals surface area (Å²) in [4.78, 5) is 4.37. The number of nitrogens with zero attached hydrogens (tertiary/aromatic N) is 1. The van der Waals surface area contributed by atoms with Crippen molar-refractivity contribution in [2.45, 2.75) is 44.3 Å². The average Bonchev–Trinajstić information content (AvgIpc) is 2.78. The fraction of sp³-hybridized carbons (Fsp3) is 0.750. The molecule has 1 aliphatic rings. The van der Waals surface area contributed by atoms with Crippen molar-refractivity contribution in [1.82, 2.24) is 10.3 Å². The predicted molar refractivity (Wildman–Crippen MR) is 79.2 cm³/mol. The summed E-state index contributed by atoms with van der Waals surface area (Å²) in [5, 5.41) is 5.14. The van der Waals surface area contributed by atoms with Crippen LogP contribution in [0.25, 0.3) is 0 Å². The van der Waals surface area contributed by atoms with E-state index in [0.717, 1.165) is 18.7 Å². The molecule has 0 radical (unpaired) electrons. The molecule has 2 rings (SSSR count). The quantitative estimate of drug-likeness (QED) is 0.895. The van der Waals surface area contributed by atoms with Crippen LogP contribution in [0.15, 0.2) is 5.38 Å². The number of anilines is 1. The molecule has 2 N–H and O–H groups in total. The Kier molecular flexibility index (Phi) is 4.17. The second-order valence-corrected chi connectivity index (χ2v) is 8.72. The van der Waals surface area contributed by atoms with Gasteiger partial charge in [-0.25, -0.2) is 13.4 Å². The minimum absolute atomic E-state index is 0.0629. The van der Waals surface area contributed by atoms with Crippen LogP contribution in [0.2, 0.25) is 0 Å². The summed E-state index contributed by atoms with van der Waals surface area (Å²) in [5.74, 6) is 0. The minimum atomic E-state index is -3.33. The average molecular weight is 303 g/mol. The van der Waals surface area contributed by atoms with Crippen LogP contribution in [0.4, 0.5) is 5.13 Å². The molecule has 0 amide bonds. The van der Waals surface area contributed by atoms with Crippen LogP contribution >= 0.6 is 11.3 Å². The first-order valence-electron chi connectivity index (χ1n) is 6.47. The van der Waals surface area contributed by atoms with Gasteiger partial charge in [0.05, 0.1) is 10.9 Å². The lowest BCUT2D eigenvalue weighted by atomic mass is 9.93. The summed E-state index contributed by atoms with van der Waals surface area (Å²) in [6, 6.07) is 0. The molecule has 1 unspecified atom stereocenters. The van der Waals surface area contributed by atoms with E-state index in [2.05, 4.69) is 35.8 Å². The maximum Gasteiger partial charge on any atom is 0.238 e. The normalized spacial score (nSPS) is 21.3. The van der Waals surface area contributed by atoms with Gasteiger partial charge in [-0.15, -0.1) is 11.3 Å². The lowest BCUT2D eigenvalue weighted by molar-refractivity contribution is 0.499. The van der Waals surface area contributed by atoms with E-state index in [1.807, 2.05) is 5.38 Å². The molecule has 1 fully saturated rings. The van der Waals surface area contributed by atoms with E-state index in [4.69, 9.17) is 0 Å². The van der Waals surface area contributed by atoms with Crippen LogP contribution in [0.3, 0.4) is 0 Å². The smallest absolute Gasteiger partial charge is 0.238 e. The SMILES string of the molecule is CC(C)(C)c1csc(NS(=O)(=O)C2CCCNC2)n1. The van der Waals surface area contributed by atoms with E-state index in [1.165, 1.54) is 11.3 Å². The highest BCUT2D eigenvalue weighted by Gasteiger charge is 2.28. The Bertz CT molecular complexity index is 525. The zero-order valence-corrected chi connectivity index (χ0v) is 13.2. The highest BCUT2D eigenvalue weighted by atomic mass is 32.2. The van der Waals surface area contributed by atoms with Gasteiger partial charge in [-0.05, 0) is 19.4 Å². The van der Waals surface area contributed by atoms with Crippen molar-refractivity contribution in [1.29, 1.82) is 0 Å². The van der Waals surface area contributed by atoms with Gasteiger partial charge in [0, 0.05) is 17.3 Å². The molecule has 0 aliphatic carbocycles. The molecule has 108 valence electrons. The van der Waals surface area contributed by atoms with Crippen molar-refractivity contribution in [3.8, 4) is 0 Å². The minimum Gasteiger partial charge on any atom is -0.315 e. The molecule has 0 spiro atoms. The van der Waals surface area contributed by atoms with E-state index >= 15 is 0 Å². The van der Waals surface area contributed by atoms with Crippen molar-refractivity contribution >= 4 is 26.5 Å². The van der Waals surface area contributed by atoms with Gasteiger partial charge in [0.2, 0.25) is 10.0 Å². The van der Waals surface area contributed by atoms with Gasteiger partial charge in [-0.1, -0.05) is 20.8 Å². The van der Waals surface area contributed by atoms with Crippen molar-refractivity contribution in [2.24, 2.45) is 0 Å². The number of aromatic nitrogens is 1. The lowest BCUT2D eigenvalue weighted by Gasteiger charge is -2.22. The monoisotopic (exact) mass is 303 g/mol. The highest BCUT2D eigenvalue weighted by Crippen LogP contribution is 2.27. The van der Waals surface area contributed by atoms with Crippen LogP contribution in [0, 0.1) is 0 Å². The Morgan fingerprint density at radius 2 is 2.21 bits per heavy atom. The molecule has 19 heavy (non-hydrogen) atoms. The number of hydrogen-bond donors (Lipinski definition) is 2. The van der Waals surface area contributed by atoms with Crippen molar-refractivity contribution in [3.05, 3.63) is 11.1 Å². The number of sulfonamides is 1. The topological polar surface area (TPSA) is 71.1 Å². The number of rotatable bonds is 3. The third-order valence-corrected chi connectivity index (χ3v) is 5.84. The van der Waals surface area contributed by atoms with Gasteiger partial charge in [-0.2, -0.15) is 0 Å². The number of thiazole rings is 1. The summed E-state index contributed by atoms with van der Waals surface area (Å²) in [6.45, 7) is 7.60. The summed E-state index contributed by atoms with van der Waals surface area (Å²) in [6.07, 6.45) is 1.61. The number of nitrogens with one attached hydrogen (secondary N) is 2. The van der Waals surface area contributed by atoms with Gasteiger partial charge in [0.15, 0.2) is 5.13 Å². The molecular weight excluding hydrogens is 282 g/mol. The molecule has 1 saturated heterocycles. The lowest BCUT2D eigenvalue weighted by Crippen LogP contribution is -2.41. The zero-order chi connectivity index (χ0) is 14.1. The molecule has 5 nitrogen and oxygen atoms in total. The molecule has 0 aromatic carbocycles. The maximum atomic E-state index is 12.2. The largest absolute Gasteiger partial charge is 0.315 e. The Morgan fingerprint density at radius 1 is 1.47 bits per heavy atom. The fourth-order valence-corrected chi connectivity index (χ4v) is 4.55. The molecule has 1 aliphatic heterocycles. The molecule has 1 aromatic rings. The summed E-state index contributed by atoms with van der Waals surface area (Å²) >= 11 is 1.35. The molecule has 2 heterocycles. The Balaban J connectivity index is 2.09. The Hall–Kier alpha value is -0.660. The maximum absolute atomic E-state index is 12.2. The second-order valence-electron chi connectivity index (χ2n) is 5.90. The van der Waals surface area contributed by atoms with Crippen LogP contribution < -0.4 is 10.0 Å². The standard InChI is InChI=1S/C12H21N3O2S2/c1-12(2,3)10-8-18-11(14-10)15-19(16,17)9-5-4-6-13-7-9/h8-9,13H,4-7H2,1-3H3,(H,14,15). The third kappa shape index (κ3) is 3.67. The van der Waals surface area contributed by atoms with Gasteiger partial charge in [-0.3, -0.25) is 4.72 Å². The van der Waals surface area contributed by atoms with E-state index < -0.39 is 10.0 Å². The highest BCUT2D eigenvalue weighted by molar-refractivity contribution is 7.93. The summed E-state index contributed by atoms with van der Waals surface area (Å²) < 4.78 is 27.1. The van der Waals surface area contributed by atoms with Crippen molar-refractivity contribution in [2.75, 3.05) is 17.8 Å². The van der Waals surface area contributed by atoms with Gasteiger partial charge >= 0.3 is 0 Å². The van der Waals surface area contributed by atoms with Gasteiger partial charge in [0.1, 0.15) is 0 Å². The predicted octanol–water partition coefficient (Wildman–Crippen LogP) is 1.93. The summed E-state index contributed by atoms with van der Waals surface area (Å²) in [7, 11) is -3.33. The van der Waals surface area contributed by atoms with E-state index in [0.29, 0.717) is 18.1 Å². The van der Waals surface area contributed by atoms with Crippen molar-refractivity contribution < 1.29 is 8.42 Å². The number of piperidine rings is 1. The van der Waals surface area contributed by atoms with Gasteiger partial charge < -0.3 is 5.32 Å². The van der Waals surface area contributed by atoms with Crippen LogP contribution in [0.1, 0.15) is 39.3 Å². The van der Waals surface area contributed by atoms with E-state index in [1.54, 1.807) is 0 Å². The first-order valence-corrected chi connectivity index (χ1v) is 8.90. The molecule has 7 heteroatoms. The van der Waals surface area contributed by atoms with Crippen LogP contribution in [-0.4, -0.2) is 31.7 Å². The van der Waals surface area contributed by atoms with E-state index in [9.17, 15) is 8.42 Å². The van der Waals surface area contributed by atoms with E-state index in [-0.39, 0.29) is 10.7 Å². The first kappa shape index (κ1) is 14.7. The Labute approximate surface area is 118 Å². The van der Waals surface area contributed by atoms with Crippen molar-refractivity contribution in [3.63, 3.8) is 0 Å². The molecule has 0 bridgehead atoms. The molecule has 1 aromatic heterocycles. The zero-order valence-electron chi connectivity index (χ0n) is 11.6. The summed E-state index contributed by atoms with van der Waals surface area (Å²) in [5.41, 5.74) is 0.851. The van der Waals surface area contributed by atoms with Crippen LogP contribution in [0.5, 0.6) is 0 Å². The fourth-order valence-electron chi connectivity index (χ4n) is 1.95.